The highest BCUT2D eigenvalue weighted by Gasteiger charge is 2.03. The second kappa shape index (κ2) is 2.73. The number of aryl methyl sites for hydroxylation is 1. The molecule has 12 heavy (non-hydrogen) atoms. The van der Waals surface area contributed by atoms with E-state index in [0.29, 0.717) is 0 Å². The molecule has 0 aliphatic rings. The van der Waals surface area contributed by atoms with E-state index in [1.54, 1.807) is 18.6 Å². The topological polar surface area (TPSA) is 54.5 Å². The van der Waals surface area contributed by atoms with Gasteiger partial charge in [0.15, 0.2) is 0 Å². The minimum Gasteiger partial charge on any atom is -0.345 e. The van der Waals surface area contributed by atoms with Gasteiger partial charge in [-0.1, -0.05) is 0 Å². The Morgan fingerprint density at radius 3 is 2.92 bits per heavy atom. The van der Waals surface area contributed by atoms with Crippen molar-refractivity contribution in [3.05, 3.63) is 30.6 Å². The van der Waals surface area contributed by atoms with Crippen LogP contribution in [0.4, 0.5) is 0 Å². The van der Waals surface area contributed by atoms with Gasteiger partial charge < -0.3 is 4.98 Å². The molecular formula is C8H8N4. The predicted molar refractivity (Wildman–Crippen MR) is 44.4 cm³/mol. The van der Waals surface area contributed by atoms with Gasteiger partial charge in [0.1, 0.15) is 12.2 Å². The first-order valence-electron chi connectivity index (χ1n) is 3.64. The number of hydrogen-bond acceptors (Lipinski definition) is 3. The lowest BCUT2D eigenvalue weighted by Crippen LogP contribution is -1.89. The lowest BCUT2D eigenvalue weighted by atomic mass is 10.2. The third-order valence-electron chi connectivity index (χ3n) is 1.66. The van der Waals surface area contributed by atoms with Crippen LogP contribution in [-0.2, 0) is 0 Å². The normalized spacial score (nSPS) is 10.1. The number of H-pyrrole nitrogens is 1. The third kappa shape index (κ3) is 1.07. The van der Waals surface area contributed by atoms with Gasteiger partial charge in [0.05, 0.1) is 11.3 Å². The fraction of sp³-hybridized carbons (Fsp3) is 0.125. The maximum atomic E-state index is 4.11. The Balaban J connectivity index is 2.55. The molecule has 4 nitrogen and oxygen atoms in total. The van der Waals surface area contributed by atoms with Crippen molar-refractivity contribution >= 4 is 0 Å². The molecule has 0 radical (unpaired) electrons. The van der Waals surface area contributed by atoms with Crippen LogP contribution in [0.3, 0.4) is 0 Å². The average molecular weight is 160 g/mol. The molecule has 0 fully saturated rings. The van der Waals surface area contributed by atoms with Gasteiger partial charge in [-0.05, 0) is 6.92 Å². The summed E-state index contributed by atoms with van der Waals surface area (Å²) in [5.41, 5.74) is 1.88. The van der Waals surface area contributed by atoms with E-state index in [0.717, 1.165) is 17.1 Å². The fourth-order valence-corrected chi connectivity index (χ4v) is 1.04. The first-order valence-corrected chi connectivity index (χ1v) is 3.64. The molecule has 0 amide bonds. The van der Waals surface area contributed by atoms with Crippen LogP contribution in [0.5, 0.6) is 0 Å². The van der Waals surface area contributed by atoms with Crippen molar-refractivity contribution < 1.29 is 0 Å². The summed E-state index contributed by atoms with van der Waals surface area (Å²) in [6.07, 6.45) is 6.77. The summed E-state index contributed by atoms with van der Waals surface area (Å²) in [4.78, 5) is 15.1. The zero-order chi connectivity index (χ0) is 8.39. The highest BCUT2D eigenvalue weighted by molar-refractivity contribution is 5.55. The number of nitrogens with one attached hydrogen (secondary N) is 1. The number of aromatic amines is 1. The Labute approximate surface area is 69.7 Å². The Morgan fingerprint density at radius 1 is 1.33 bits per heavy atom. The second-order valence-corrected chi connectivity index (χ2v) is 2.46. The van der Waals surface area contributed by atoms with Gasteiger partial charge in [-0.15, -0.1) is 0 Å². The van der Waals surface area contributed by atoms with Gasteiger partial charge in [-0.25, -0.2) is 15.0 Å². The van der Waals surface area contributed by atoms with E-state index in [1.165, 1.54) is 6.33 Å². The Morgan fingerprint density at radius 2 is 2.25 bits per heavy atom. The van der Waals surface area contributed by atoms with Crippen LogP contribution in [0.2, 0.25) is 0 Å². The van der Waals surface area contributed by atoms with Crippen molar-refractivity contribution in [1.82, 2.24) is 19.9 Å². The number of rotatable bonds is 1. The number of nitrogens with zero attached hydrogens (tertiary/aromatic N) is 3. The molecule has 0 atom stereocenters. The minimum atomic E-state index is 0.813. The quantitative estimate of drug-likeness (QED) is 0.681. The summed E-state index contributed by atoms with van der Waals surface area (Å²) >= 11 is 0. The van der Waals surface area contributed by atoms with E-state index >= 15 is 0 Å². The summed E-state index contributed by atoms with van der Waals surface area (Å²) in [5.74, 6) is 0.813. The van der Waals surface area contributed by atoms with Crippen molar-refractivity contribution in [3.63, 3.8) is 0 Å². The van der Waals surface area contributed by atoms with Crippen molar-refractivity contribution in [2.75, 3.05) is 0 Å². The van der Waals surface area contributed by atoms with E-state index in [1.807, 2.05) is 6.92 Å². The SMILES string of the molecule is Cc1ncncc1-c1ncc[nH]1. The second-order valence-electron chi connectivity index (χ2n) is 2.46. The van der Waals surface area contributed by atoms with Crippen molar-refractivity contribution in [1.29, 1.82) is 0 Å². The summed E-state index contributed by atoms with van der Waals surface area (Å²) < 4.78 is 0. The standard InChI is InChI=1S/C8H8N4/c1-6-7(4-9-5-12-6)8-10-2-3-11-8/h2-5H,1H3,(H,10,11). The van der Waals surface area contributed by atoms with E-state index in [2.05, 4.69) is 19.9 Å². The lowest BCUT2D eigenvalue weighted by molar-refractivity contribution is 1.09. The molecule has 0 aliphatic heterocycles. The number of aromatic nitrogens is 4. The lowest BCUT2D eigenvalue weighted by Gasteiger charge is -1.98. The minimum absolute atomic E-state index is 0.813. The van der Waals surface area contributed by atoms with Crippen LogP contribution in [0.15, 0.2) is 24.9 Å². The maximum absolute atomic E-state index is 4.11. The summed E-state index contributed by atoms with van der Waals surface area (Å²) in [6, 6.07) is 0. The summed E-state index contributed by atoms with van der Waals surface area (Å²) in [7, 11) is 0. The monoisotopic (exact) mass is 160 g/mol. The molecule has 2 heterocycles. The van der Waals surface area contributed by atoms with Crippen LogP contribution in [0.1, 0.15) is 5.69 Å². The molecule has 0 saturated heterocycles. The summed E-state index contributed by atoms with van der Waals surface area (Å²) in [5, 5.41) is 0. The zero-order valence-corrected chi connectivity index (χ0v) is 6.65. The third-order valence-corrected chi connectivity index (χ3v) is 1.66. The van der Waals surface area contributed by atoms with Gasteiger partial charge in [0.25, 0.3) is 0 Å². The van der Waals surface area contributed by atoms with Crippen LogP contribution in [0, 0.1) is 6.92 Å². The Kier molecular flexibility index (Phi) is 1.59. The van der Waals surface area contributed by atoms with Gasteiger partial charge in [-0.3, -0.25) is 0 Å². The molecule has 4 heteroatoms. The molecule has 0 saturated carbocycles. The zero-order valence-electron chi connectivity index (χ0n) is 6.65. The molecule has 60 valence electrons. The van der Waals surface area contributed by atoms with Gasteiger partial charge >= 0.3 is 0 Å². The van der Waals surface area contributed by atoms with Crippen molar-refractivity contribution in [2.24, 2.45) is 0 Å². The van der Waals surface area contributed by atoms with Crippen molar-refractivity contribution in [3.8, 4) is 11.4 Å². The molecule has 1 N–H and O–H groups in total. The van der Waals surface area contributed by atoms with Crippen LogP contribution in [-0.4, -0.2) is 19.9 Å². The highest BCUT2D eigenvalue weighted by atomic mass is 14.9. The molecule has 2 aromatic rings. The smallest absolute Gasteiger partial charge is 0.140 e. The van der Waals surface area contributed by atoms with E-state index in [4.69, 9.17) is 0 Å². The van der Waals surface area contributed by atoms with Crippen molar-refractivity contribution in [2.45, 2.75) is 6.92 Å². The largest absolute Gasteiger partial charge is 0.345 e. The Hall–Kier alpha value is -1.71. The number of hydrogen-bond donors (Lipinski definition) is 1. The van der Waals surface area contributed by atoms with E-state index in [-0.39, 0.29) is 0 Å². The molecule has 0 spiro atoms. The van der Waals surface area contributed by atoms with Gasteiger partial charge in [-0.2, -0.15) is 0 Å². The molecular weight excluding hydrogens is 152 g/mol. The van der Waals surface area contributed by atoms with Gasteiger partial charge in [0, 0.05) is 18.6 Å². The maximum Gasteiger partial charge on any atom is 0.140 e. The fourth-order valence-electron chi connectivity index (χ4n) is 1.04. The van der Waals surface area contributed by atoms with Crippen LogP contribution < -0.4 is 0 Å². The molecule has 0 aliphatic carbocycles. The molecule has 0 aromatic carbocycles. The number of imidazole rings is 1. The predicted octanol–water partition coefficient (Wildman–Crippen LogP) is 1.18. The molecule has 2 aromatic heterocycles. The highest BCUT2D eigenvalue weighted by Crippen LogP contribution is 2.14. The summed E-state index contributed by atoms with van der Waals surface area (Å²) in [6.45, 7) is 1.93. The molecule has 2 rings (SSSR count). The average Bonchev–Trinajstić information content (AvgIpc) is 2.57. The van der Waals surface area contributed by atoms with E-state index < -0.39 is 0 Å². The first-order chi connectivity index (χ1) is 5.88. The molecule has 0 unspecified atom stereocenters. The van der Waals surface area contributed by atoms with Crippen LogP contribution >= 0.6 is 0 Å². The first kappa shape index (κ1) is 6.97. The Bertz CT molecular complexity index is 366. The van der Waals surface area contributed by atoms with E-state index in [9.17, 15) is 0 Å². The van der Waals surface area contributed by atoms with Crippen LogP contribution in [0.25, 0.3) is 11.4 Å². The molecule has 0 bridgehead atoms. The van der Waals surface area contributed by atoms with Gasteiger partial charge in [0.2, 0.25) is 0 Å².